The normalized spacial score (nSPS) is 24.6. The summed E-state index contributed by atoms with van der Waals surface area (Å²) in [6, 6.07) is 9.53. The Morgan fingerprint density at radius 3 is 2.58 bits per heavy atom. The third-order valence-electron chi connectivity index (χ3n) is 9.25. The number of pyridine rings is 1. The van der Waals surface area contributed by atoms with Gasteiger partial charge in [0.15, 0.2) is 0 Å². The van der Waals surface area contributed by atoms with Gasteiger partial charge in [0.05, 0.1) is 0 Å². The zero-order chi connectivity index (χ0) is 26.2. The standard InChI is InChI=1S/C30H36F2N4O2/c31-24-6-2-5-22(14-24)26-19-35(27(30(37)38)13-20-3-1-4-20)17-23(26)16-34-11-9-21(10-12-34)28-15-33-29-8-7-25(32)18-36(28)29/h2,5-8,14-15,18,20-21,23,26-27H,1,3-4,9-13,16-17,19H2,(H,37,38)/t23?,26-,27+/m1/s1. The second-order valence-corrected chi connectivity index (χ2v) is 11.6. The van der Waals surface area contributed by atoms with Gasteiger partial charge in [0.1, 0.15) is 23.3 Å². The van der Waals surface area contributed by atoms with Crippen LogP contribution in [0.5, 0.6) is 0 Å². The topological polar surface area (TPSA) is 61.1 Å². The smallest absolute Gasteiger partial charge is 0.320 e. The lowest BCUT2D eigenvalue weighted by molar-refractivity contribution is -0.144. The molecular formula is C30H36F2N4O2. The number of fused-ring (bicyclic) bond motifs is 1. The molecule has 2 aliphatic heterocycles. The number of hydrogen-bond donors (Lipinski definition) is 1. The maximum Gasteiger partial charge on any atom is 0.320 e. The van der Waals surface area contributed by atoms with Crippen LogP contribution in [-0.4, -0.2) is 69.0 Å². The number of imidazole rings is 1. The van der Waals surface area contributed by atoms with Crippen LogP contribution < -0.4 is 0 Å². The van der Waals surface area contributed by atoms with Gasteiger partial charge < -0.3 is 14.4 Å². The zero-order valence-corrected chi connectivity index (χ0v) is 21.7. The fourth-order valence-electron chi connectivity index (χ4n) is 6.93. The molecule has 0 bridgehead atoms. The molecule has 4 heterocycles. The number of aromatic nitrogens is 2. The number of carboxylic acids is 1. The highest BCUT2D eigenvalue weighted by Gasteiger charge is 2.41. The van der Waals surface area contributed by atoms with E-state index in [9.17, 15) is 18.7 Å². The Bertz CT molecular complexity index is 1280. The molecule has 0 radical (unpaired) electrons. The average molecular weight is 523 g/mol. The molecule has 2 aromatic heterocycles. The largest absolute Gasteiger partial charge is 0.480 e. The van der Waals surface area contributed by atoms with Crippen LogP contribution in [0.15, 0.2) is 48.8 Å². The number of hydrogen-bond acceptors (Lipinski definition) is 4. The van der Waals surface area contributed by atoms with Crippen LogP contribution in [0.3, 0.4) is 0 Å². The number of aliphatic carboxylic acids is 1. The maximum atomic E-state index is 14.2. The molecule has 3 aliphatic rings. The van der Waals surface area contributed by atoms with Crippen molar-refractivity contribution in [2.45, 2.75) is 56.4 Å². The summed E-state index contributed by atoms with van der Waals surface area (Å²) in [6.07, 6.45) is 9.48. The van der Waals surface area contributed by atoms with Gasteiger partial charge in [0.2, 0.25) is 0 Å². The molecular weight excluding hydrogens is 486 g/mol. The summed E-state index contributed by atoms with van der Waals surface area (Å²) in [4.78, 5) is 21.4. The summed E-state index contributed by atoms with van der Waals surface area (Å²) in [5, 5.41) is 10.1. The minimum Gasteiger partial charge on any atom is -0.480 e. The first-order chi connectivity index (χ1) is 18.4. The molecule has 3 atom stereocenters. The van der Waals surface area contributed by atoms with Gasteiger partial charge in [0.25, 0.3) is 0 Å². The summed E-state index contributed by atoms with van der Waals surface area (Å²) < 4.78 is 29.9. The lowest BCUT2D eigenvalue weighted by Crippen LogP contribution is -2.43. The van der Waals surface area contributed by atoms with E-state index in [4.69, 9.17) is 0 Å². The highest BCUT2D eigenvalue weighted by atomic mass is 19.1. The van der Waals surface area contributed by atoms with Gasteiger partial charge in [-0.3, -0.25) is 9.69 Å². The fourth-order valence-corrected chi connectivity index (χ4v) is 6.93. The Labute approximate surface area is 222 Å². The Morgan fingerprint density at radius 2 is 1.87 bits per heavy atom. The summed E-state index contributed by atoms with van der Waals surface area (Å²) in [6.45, 7) is 4.08. The van der Waals surface area contributed by atoms with E-state index in [1.807, 2.05) is 16.7 Å². The van der Waals surface area contributed by atoms with Crippen molar-refractivity contribution in [3.8, 4) is 0 Å². The van der Waals surface area contributed by atoms with E-state index in [0.717, 1.165) is 68.8 Å². The lowest BCUT2D eigenvalue weighted by atomic mass is 9.80. The van der Waals surface area contributed by atoms with Crippen molar-refractivity contribution in [1.82, 2.24) is 19.2 Å². The Balaban J connectivity index is 1.15. The monoisotopic (exact) mass is 522 g/mol. The number of carboxylic acid groups (broad SMARTS) is 1. The quantitative estimate of drug-likeness (QED) is 0.443. The van der Waals surface area contributed by atoms with E-state index in [2.05, 4.69) is 14.8 Å². The number of piperidine rings is 1. The lowest BCUT2D eigenvalue weighted by Gasteiger charge is -2.35. The molecule has 1 aliphatic carbocycles. The Hall–Kier alpha value is -2.84. The van der Waals surface area contributed by atoms with Crippen LogP contribution >= 0.6 is 0 Å². The van der Waals surface area contributed by atoms with E-state index in [-0.39, 0.29) is 23.5 Å². The molecule has 38 heavy (non-hydrogen) atoms. The van der Waals surface area contributed by atoms with E-state index < -0.39 is 12.0 Å². The van der Waals surface area contributed by atoms with Gasteiger partial charge >= 0.3 is 5.97 Å². The van der Waals surface area contributed by atoms with Crippen molar-refractivity contribution >= 4 is 11.6 Å². The van der Waals surface area contributed by atoms with Gasteiger partial charge in [-0.05, 0) is 74.0 Å². The molecule has 0 spiro atoms. The molecule has 1 aromatic carbocycles. The van der Waals surface area contributed by atoms with Crippen molar-refractivity contribution < 1.29 is 18.7 Å². The second-order valence-electron chi connectivity index (χ2n) is 11.6. The van der Waals surface area contributed by atoms with Crippen molar-refractivity contribution in [1.29, 1.82) is 0 Å². The molecule has 3 aromatic rings. The van der Waals surface area contributed by atoms with Gasteiger partial charge in [-0.1, -0.05) is 31.4 Å². The van der Waals surface area contributed by atoms with Crippen molar-refractivity contribution in [2.75, 3.05) is 32.7 Å². The zero-order valence-electron chi connectivity index (χ0n) is 21.7. The third kappa shape index (κ3) is 5.21. The number of benzene rings is 1. The first-order valence-corrected chi connectivity index (χ1v) is 14.0. The van der Waals surface area contributed by atoms with Crippen LogP contribution in [0, 0.1) is 23.5 Å². The summed E-state index contributed by atoms with van der Waals surface area (Å²) in [5.74, 6) is -0.0683. The van der Waals surface area contributed by atoms with Gasteiger partial charge in [-0.25, -0.2) is 13.8 Å². The highest BCUT2D eigenvalue weighted by Crippen LogP contribution is 2.39. The van der Waals surface area contributed by atoms with Gasteiger partial charge in [-0.15, -0.1) is 0 Å². The van der Waals surface area contributed by atoms with Crippen LogP contribution in [0.1, 0.15) is 61.6 Å². The van der Waals surface area contributed by atoms with Crippen LogP contribution in [0.4, 0.5) is 8.78 Å². The van der Waals surface area contributed by atoms with E-state index in [0.29, 0.717) is 24.8 Å². The minimum atomic E-state index is -0.735. The first-order valence-electron chi connectivity index (χ1n) is 14.0. The number of likely N-dealkylation sites (tertiary alicyclic amines) is 2. The molecule has 6 rings (SSSR count). The van der Waals surface area contributed by atoms with Crippen LogP contribution in [0.2, 0.25) is 0 Å². The van der Waals surface area contributed by atoms with E-state index >= 15 is 0 Å². The summed E-state index contributed by atoms with van der Waals surface area (Å²) >= 11 is 0. The predicted molar refractivity (Wildman–Crippen MR) is 141 cm³/mol. The second kappa shape index (κ2) is 10.7. The predicted octanol–water partition coefficient (Wildman–Crippen LogP) is 5.15. The van der Waals surface area contributed by atoms with Crippen LogP contribution in [-0.2, 0) is 4.79 Å². The molecule has 1 unspecified atom stereocenters. The maximum absolute atomic E-state index is 14.2. The first kappa shape index (κ1) is 25.4. The Morgan fingerprint density at radius 1 is 1.05 bits per heavy atom. The SMILES string of the molecule is O=C(O)[C@H](CC1CCC1)N1CC(CN2CCC(c3cnc4ccc(F)cn34)CC2)[C@@H](c2cccc(F)c2)C1. The van der Waals surface area contributed by atoms with E-state index in [1.54, 1.807) is 18.2 Å². The molecule has 1 N–H and O–H groups in total. The summed E-state index contributed by atoms with van der Waals surface area (Å²) in [7, 11) is 0. The molecule has 202 valence electrons. The van der Waals surface area contributed by atoms with E-state index in [1.165, 1.54) is 24.8 Å². The molecule has 2 saturated heterocycles. The van der Waals surface area contributed by atoms with Gasteiger partial charge in [0, 0.05) is 49.6 Å². The average Bonchev–Trinajstić information content (AvgIpc) is 3.48. The molecule has 1 saturated carbocycles. The molecule has 3 fully saturated rings. The number of rotatable bonds is 8. The minimum absolute atomic E-state index is 0.105. The van der Waals surface area contributed by atoms with Crippen molar-refractivity contribution in [3.05, 3.63) is 71.7 Å². The van der Waals surface area contributed by atoms with Crippen LogP contribution in [0.25, 0.3) is 5.65 Å². The third-order valence-corrected chi connectivity index (χ3v) is 9.25. The van der Waals surface area contributed by atoms with Crippen molar-refractivity contribution in [3.63, 3.8) is 0 Å². The number of halogens is 2. The highest BCUT2D eigenvalue weighted by molar-refractivity contribution is 5.73. The fraction of sp³-hybridized carbons (Fsp3) is 0.533. The van der Waals surface area contributed by atoms with Gasteiger partial charge in [-0.2, -0.15) is 0 Å². The number of carbonyl (C=O) groups is 1. The molecule has 0 amide bonds. The van der Waals surface area contributed by atoms with Crippen molar-refractivity contribution in [2.24, 2.45) is 11.8 Å². The molecule has 8 heteroatoms. The molecule has 6 nitrogen and oxygen atoms in total. The Kier molecular flexibility index (Phi) is 7.18. The number of nitrogens with zero attached hydrogens (tertiary/aromatic N) is 4. The summed E-state index contributed by atoms with van der Waals surface area (Å²) in [5.41, 5.74) is 2.79.